The lowest BCUT2D eigenvalue weighted by Crippen LogP contribution is -2.31. The van der Waals surface area contributed by atoms with Gasteiger partial charge in [0.1, 0.15) is 11.0 Å². The molecule has 0 aliphatic rings. The van der Waals surface area contributed by atoms with Crippen molar-refractivity contribution in [3.8, 4) is 0 Å². The highest BCUT2D eigenvalue weighted by atomic mass is 79.9. The summed E-state index contributed by atoms with van der Waals surface area (Å²) in [4.78, 5) is 11.7. The second-order valence-electron chi connectivity index (χ2n) is 4.49. The standard InChI is InChI=1S/C11H16BrF3N4O/c1-7(3-16-2)4-17-8-5-18-19(6-11(13,14)15)10(20)9(8)12/h5,7,16-17H,3-4,6H2,1-2H3. The van der Waals surface area contributed by atoms with Crippen molar-refractivity contribution < 1.29 is 13.2 Å². The molecule has 0 bridgehead atoms. The fraction of sp³-hybridized carbons (Fsp3) is 0.636. The lowest BCUT2D eigenvalue weighted by Gasteiger charge is -2.15. The molecule has 0 saturated carbocycles. The van der Waals surface area contributed by atoms with Crippen LogP contribution in [0.5, 0.6) is 0 Å². The molecule has 5 nitrogen and oxygen atoms in total. The summed E-state index contributed by atoms with van der Waals surface area (Å²) < 4.78 is 37.2. The van der Waals surface area contributed by atoms with Gasteiger partial charge in [0.2, 0.25) is 0 Å². The smallest absolute Gasteiger partial charge is 0.382 e. The first-order valence-electron chi connectivity index (χ1n) is 5.95. The molecule has 1 heterocycles. The molecule has 20 heavy (non-hydrogen) atoms. The van der Waals surface area contributed by atoms with E-state index < -0.39 is 18.3 Å². The maximum atomic E-state index is 12.3. The first kappa shape index (κ1) is 17.0. The van der Waals surface area contributed by atoms with E-state index in [1.165, 1.54) is 6.20 Å². The fourth-order valence-corrected chi connectivity index (χ4v) is 2.02. The first-order chi connectivity index (χ1) is 9.24. The topological polar surface area (TPSA) is 59.0 Å². The largest absolute Gasteiger partial charge is 0.408 e. The molecular weight excluding hydrogens is 341 g/mol. The Morgan fingerprint density at radius 3 is 2.65 bits per heavy atom. The Morgan fingerprint density at radius 2 is 2.10 bits per heavy atom. The van der Waals surface area contributed by atoms with Gasteiger partial charge in [0.25, 0.3) is 5.56 Å². The quantitative estimate of drug-likeness (QED) is 0.816. The fourth-order valence-electron chi connectivity index (χ4n) is 1.58. The van der Waals surface area contributed by atoms with Crippen LogP contribution >= 0.6 is 15.9 Å². The van der Waals surface area contributed by atoms with Crippen LogP contribution in [0, 0.1) is 5.92 Å². The first-order valence-corrected chi connectivity index (χ1v) is 6.74. The number of alkyl halides is 3. The summed E-state index contributed by atoms with van der Waals surface area (Å²) in [7, 11) is 1.83. The van der Waals surface area contributed by atoms with Gasteiger partial charge in [-0.3, -0.25) is 4.79 Å². The zero-order chi connectivity index (χ0) is 15.3. The molecule has 0 aliphatic carbocycles. The van der Waals surface area contributed by atoms with Crippen molar-refractivity contribution in [3.63, 3.8) is 0 Å². The van der Waals surface area contributed by atoms with Crippen molar-refractivity contribution in [3.05, 3.63) is 21.0 Å². The van der Waals surface area contributed by atoms with E-state index in [4.69, 9.17) is 0 Å². The highest BCUT2D eigenvalue weighted by Crippen LogP contribution is 2.19. The number of anilines is 1. The Hall–Kier alpha value is -1.09. The number of hydrogen-bond donors (Lipinski definition) is 2. The SMILES string of the molecule is CNCC(C)CNc1cnn(CC(F)(F)F)c(=O)c1Br. The van der Waals surface area contributed by atoms with Gasteiger partial charge in [-0.25, -0.2) is 4.68 Å². The highest BCUT2D eigenvalue weighted by Gasteiger charge is 2.29. The van der Waals surface area contributed by atoms with Crippen LogP contribution in [0.1, 0.15) is 6.92 Å². The molecule has 9 heteroatoms. The Balaban J connectivity index is 2.82. The lowest BCUT2D eigenvalue weighted by molar-refractivity contribution is -0.143. The number of nitrogens with one attached hydrogen (secondary N) is 2. The monoisotopic (exact) mass is 356 g/mol. The molecule has 1 unspecified atom stereocenters. The number of halogens is 4. The van der Waals surface area contributed by atoms with Crippen LogP contribution in [0.4, 0.5) is 18.9 Å². The van der Waals surface area contributed by atoms with Gasteiger partial charge in [0.15, 0.2) is 0 Å². The van der Waals surface area contributed by atoms with Gasteiger partial charge >= 0.3 is 6.18 Å². The maximum absolute atomic E-state index is 12.3. The average molecular weight is 357 g/mol. The minimum absolute atomic E-state index is 0.0495. The van der Waals surface area contributed by atoms with E-state index in [1.54, 1.807) is 0 Å². The van der Waals surface area contributed by atoms with E-state index in [2.05, 4.69) is 31.7 Å². The summed E-state index contributed by atoms with van der Waals surface area (Å²) in [6.45, 7) is 1.95. The molecule has 1 aromatic rings. The normalized spacial score (nSPS) is 13.3. The van der Waals surface area contributed by atoms with Gasteiger partial charge in [0, 0.05) is 6.54 Å². The summed E-state index contributed by atoms with van der Waals surface area (Å²) in [5.41, 5.74) is -0.426. The van der Waals surface area contributed by atoms with Crippen LogP contribution in [0.2, 0.25) is 0 Å². The van der Waals surface area contributed by atoms with E-state index in [0.29, 0.717) is 22.8 Å². The third kappa shape index (κ3) is 5.12. The lowest BCUT2D eigenvalue weighted by atomic mass is 10.2. The van der Waals surface area contributed by atoms with Crippen LogP contribution in [-0.2, 0) is 6.54 Å². The van der Waals surface area contributed by atoms with E-state index in [0.717, 1.165) is 6.54 Å². The van der Waals surface area contributed by atoms with Crippen molar-refractivity contribution in [2.24, 2.45) is 5.92 Å². The van der Waals surface area contributed by atoms with Crippen molar-refractivity contribution in [1.29, 1.82) is 0 Å². The average Bonchev–Trinajstić information content (AvgIpc) is 2.33. The Morgan fingerprint density at radius 1 is 1.45 bits per heavy atom. The third-order valence-corrected chi connectivity index (χ3v) is 3.27. The third-order valence-electron chi connectivity index (χ3n) is 2.51. The van der Waals surface area contributed by atoms with Crippen LogP contribution in [-0.4, -0.2) is 36.1 Å². The number of hydrogen-bond acceptors (Lipinski definition) is 4. The molecule has 1 aromatic heterocycles. The number of rotatable bonds is 6. The van der Waals surface area contributed by atoms with E-state index >= 15 is 0 Å². The summed E-state index contributed by atoms with van der Waals surface area (Å²) in [5.74, 6) is 0.296. The van der Waals surface area contributed by atoms with Crippen molar-refractivity contribution >= 4 is 21.6 Å². The second kappa shape index (κ2) is 7.07. The molecule has 0 radical (unpaired) electrons. The molecule has 0 aliphatic heterocycles. The van der Waals surface area contributed by atoms with Gasteiger partial charge in [-0.1, -0.05) is 6.92 Å². The van der Waals surface area contributed by atoms with Crippen LogP contribution < -0.4 is 16.2 Å². The van der Waals surface area contributed by atoms with Gasteiger partial charge in [-0.2, -0.15) is 18.3 Å². The second-order valence-corrected chi connectivity index (χ2v) is 5.29. The molecule has 1 atom stereocenters. The zero-order valence-electron chi connectivity index (χ0n) is 11.1. The van der Waals surface area contributed by atoms with Crippen molar-refractivity contribution in [2.75, 3.05) is 25.5 Å². The molecule has 1 rings (SSSR count). The molecule has 0 spiro atoms. The van der Waals surface area contributed by atoms with Crippen LogP contribution in [0.15, 0.2) is 15.5 Å². The van der Waals surface area contributed by atoms with E-state index in [9.17, 15) is 18.0 Å². The number of aromatic nitrogens is 2. The minimum atomic E-state index is -4.48. The molecule has 2 N–H and O–H groups in total. The summed E-state index contributed by atoms with van der Waals surface area (Å²) in [6.07, 6.45) is -3.27. The van der Waals surface area contributed by atoms with Crippen molar-refractivity contribution in [1.82, 2.24) is 15.1 Å². The summed E-state index contributed by atoms with van der Waals surface area (Å²) in [6, 6.07) is 0. The van der Waals surface area contributed by atoms with Gasteiger partial charge in [0.05, 0.1) is 11.9 Å². The predicted octanol–water partition coefficient (Wildman–Crippen LogP) is 1.84. The Kier molecular flexibility index (Phi) is 6.00. The molecule has 0 aromatic carbocycles. The Labute approximate surface area is 122 Å². The zero-order valence-corrected chi connectivity index (χ0v) is 12.7. The molecule has 0 amide bonds. The van der Waals surface area contributed by atoms with E-state index in [-0.39, 0.29) is 4.47 Å². The highest BCUT2D eigenvalue weighted by molar-refractivity contribution is 9.10. The van der Waals surface area contributed by atoms with Gasteiger partial charge in [-0.05, 0) is 35.4 Å². The van der Waals surface area contributed by atoms with E-state index in [1.807, 2.05) is 14.0 Å². The van der Waals surface area contributed by atoms with Gasteiger partial charge in [-0.15, -0.1) is 0 Å². The molecule has 114 valence electrons. The Bertz CT molecular complexity index is 503. The van der Waals surface area contributed by atoms with Crippen molar-refractivity contribution in [2.45, 2.75) is 19.6 Å². The predicted molar refractivity (Wildman–Crippen MR) is 73.8 cm³/mol. The summed E-state index contributed by atoms with van der Waals surface area (Å²) >= 11 is 3.01. The minimum Gasteiger partial charge on any atom is -0.382 e. The molecular formula is C11H16BrF3N4O. The van der Waals surface area contributed by atoms with Crippen LogP contribution in [0.3, 0.4) is 0 Å². The molecule has 0 fully saturated rings. The molecule has 0 saturated heterocycles. The van der Waals surface area contributed by atoms with Crippen LogP contribution in [0.25, 0.3) is 0 Å². The maximum Gasteiger partial charge on any atom is 0.408 e. The summed E-state index contributed by atoms with van der Waals surface area (Å²) in [5, 5.41) is 9.52. The number of nitrogens with zero attached hydrogens (tertiary/aromatic N) is 2. The van der Waals surface area contributed by atoms with Gasteiger partial charge < -0.3 is 10.6 Å².